The fourth-order valence-electron chi connectivity index (χ4n) is 2.61. The number of rotatable bonds is 2. The SMILES string of the molecule is O=C(O)c1cc2cccnc2c(-c2cccc(Br)c2)c1C(F)(F)F. The number of carboxylic acid groups (broad SMARTS) is 1. The Balaban J connectivity index is 2.54. The van der Waals surface area contributed by atoms with Gasteiger partial charge < -0.3 is 5.11 Å². The number of nitrogens with zero attached hydrogens (tertiary/aromatic N) is 1. The quantitative estimate of drug-likeness (QED) is 0.633. The number of aromatic carboxylic acids is 1. The summed E-state index contributed by atoms with van der Waals surface area (Å²) in [5.41, 5.74) is -1.88. The van der Waals surface area contributed by atoms with Crippen LogP contribution in [-0.4, -0.2) is 16.1 Å². The van der Waals surface area contributed by atoms with Gasteiger partial charge in [-0.2, -0.15) is 13.2 Å². The van der Waals surface area contributed by atoms with Gasteiger partial charge in [0.05, 0.1) is 16.6 Å². The van der Waals surface area contributed by atoms with Crippen molar-refractivity contribution in [3.8, 4) is 11.1 Å². The normalized spacial score (nSPS) is 11.7. The van der Waals surface area contributed by atoms with Gasteiger partial charge in [-0.25, -0.2) is 4.79 Å². The fraction of sp³-hybridized carbons (Fsp3) is 0.0588. The summed E-state index contributed by atoms with van der Waals surface area (Å²) in [4.78, 5) is 15.5. The lowest BCUT2D eigenvalue weighted by atomic mass is 9.91. The average molecular weight is 396 g/mol. The molecular weight excluding hydrogens is 387 g/mol. The lowest BCUT2D eigenvalue weighted by Crippen LogP contribution is -2.15. The molecule has 0 radical (unpaired) electrons. The molecule has 0 amide bonds. The Morgan fingerprint density at radius 1 is 1.12 bits per heavy atom. The van der Waals surface area contributed by atoms with Gasteiger partial charge in [0.25, 0.3) is 0 Å². The summed E-state index contributed by atoms with van der Waals surface area (Å²) in [7, 11) is 0. The number of hydrogen-bond acceptors (Lipinski definition) is 2. The van der Waals surface area contributed by atoms with Crippen molar-refractivity contribution >= 4 is 32.8 Å². The van der Waals surface area contributed by atoms with Gasteiger partial charge in [0.15, 0.2) is 0 Å². The number of alkyl halides is 3. The maximum Gasteiger partial charge on any atom is 0.417 e. The van der Waals surface area contributed by atoms with Crippen LogP contribution in [0, 0.1) is 0 Å². The number of pyridine rings is 1. The summed E-state index contributed by atoms with van der Waals surface area (Å²) in [6.45, 7) is 0. The van der Waals surface area contributed by atoms with E-state index in [1.807, 2.05) is 0 Å². The minimum absolute atomic E-state index is 0.105. The molecule has 0 aliphatic carbocycles. The first-order valence-corrected chi connectivity index (χ1v) is 7.56. The van der Waals surface area contributed by atoms with Crippen LogP contribution < -0.4 is 0 Å². The predicted octanol–water partition coefficient (Wildman–Crippen LogP) is 5.38. The number of carboxylic acids is 1. The maximum atomic E-state index is 13.7. The van der Waals surface area contributed by atoms with Gasteiger partial charge in [0, 0.05) is 21.6 Å². The van der Waals surface area contributed by atoms with E-state index in [1.165, 1.54) is 24.4 Å². The molecule has 0 aliphatic heterocycles. The third kappa shape index (κ3) is 2.87. The molecule has 24 heavy (non-hydrogen) atoms. The van der Waals surface area contributed by atoms with Crippen molar-refractivity contribution in [1.29, 1.82) is 0 Å². The smallest absolute Gasteiger partial charge is 0.417 e. The molecule has 1 N–H and O–H groups in total. The van der Waals surface area contributed by atoms with Crippen LogP contribution in [-0.2, 0) is 6.18 Å². The molecule has 1 aromatic heterocycles. The highest BCUT2D eigenvalue weighted by Gasteiger charge is 2.39. The van der Waals surface area contributed by atoms with Gasteiger partial charge in [-0.1, -0.05) is 34.1 Å². The van der Waals surface area contributed by atoms with Crippen molar-refractivity contribution in [2.75, 3.05) is 0 Å². The second-order valence-corrected chi connectivity index (χ2v) is 5.98. The van der Waals surface area contributed by atoms with E-state index < -0.39 is 23.3 Å². The second kappa shape index (κ2) is 5.90. The van der Waals surface area contributed by atoms with E-state index in [0.717, 1.165) is 6.07 Å². The van der Waals surface area contributed by atoms with Crippen LogP contribution in [0.2, 0.25) is 0 Å². The molecule has 0 unspecified atom stereocenters. The zero-order valence-electron chi connectivity index (χ0n) is 11.9. The van der Waals surface area contributed by atoms with Gasteiger partial charge >= 0.3 is 12.1 Å². The molecule has 0 saturated heterocycles. The first-order valence-electron chi connectivity index (χ1n) is 6.77. The lowest BCUT2D eigenvalue weighted by molar-refractivity contribution is -0.137. The van der Waals surface area contributed by atoms with E-state index in [2.05, 4.69) is 20.9 Å². The zero-order valence-corrected chi connectivity index (χ0v) is 13.5. The first kappa shape index (κ1) is 16.4. The Morgan fingerprint density at radius 3 is 2.50 bits per heavy atom. The van der Waals surface area contributed by atoms with Gasteiger partial charge in [-0.3, -0.25) is 4.98 Å². The number of fused-ring (bicyclic) bond motifs is 1. The van der Waals surface area contributed by atoms with Crippen molar-refractivity contribution in [1.82, 2.24) is 4.98 Å². The van der Waals surface area contributed by atoms with Crippen molar-refractivity contribution in [2.24, 2.45) is 0 Å². The van der Waals surface area contributed by atoms with Crippen LogP contribution >= 0.6 is 15.9 Å². The fourth-order valence-corrected chi connectivity index (χ4v) is 3.01. The molecule has 3 aromatic rings. The van der Waals surface area contributed by atoms with E-state index >= 15 is 0 Å². The monoisotopic (exact) mass is 395 g/mol. The molecule has 3 nitrogen and oxygen atoms in total. The Labute approximate surface area is 142 Å². The molecule has 0 aliphatic rings. The summed E-state index contributed by atoms with van der Waals surface area (Å²) in [5.74, 6) is -1.63. The molecule has 2 aromatic carbocycles. The number of carbonyl (C=O) groups is 1. The average Bonchev–Trinajstić information content (AvgIpc) is 2.52. The van der Waals surface area contributed by atoms with Gasteiger partial charge in [-0.05, 0) is 29.8 Å². The lowest BCUT2D eigenvalue weighted by Gasteiger charge is -2.18. The van der Waals surface area contributed by atoms with Crippen LogP contribution in [0.25, 0.3) is 22.0 Å². The Hall–Kier alpha value is -2.41. The number of aromatic nitrogens is 1. The van der Waals surface area contributed by atoms with E-state index in [4.69, 9.17) is 0 Å². The van der Waals surface area contributed by atoms with E-state index in [-0.39, 0.29) is 16.6 Å². The molecule has 0 atom stereocenters. The molecule has 7 heteroatoms. The second-order valence-electron chi connectivity index (χ2n) is 5.06. The van der Waals surface area contributed by atoms with Crippen LogP contribution in [0.4, 0.5) is 13.2 Å². The van der Waals surface area contributed by atoms with E-state index in [9.17, 15) is 23.1 Å². The van der Waals surface area contributed by atoms with Crippen LogP contribution in [0.5, 0.6) is 0 Å². The molecule has 0 bridgehead atoms. The summed E-state index contributed by atoms with van der Waals surface area (Å²) in [6.07, 6.45) is -3.46. The largest absolute Gasteiger partial charge is 0.478 e. The zero-order chi connectivity index (χ0) is 17.5. The highest BCUT2D eigenvalue weighted by Crippen LogP contribution is 2.43. The third-order valence-electron chi connectivity index (χ3n) is 3.52. The molecule has 122 valence electrons. The highest BCUT2D eigenvalue weighted by atomic mass is 79.9. The number of halogens is 4. The number of hydrogen-bond donors (Lipinski definition) is 1. The molecular formula is C17H9BrF3NO2. The topological polar surface area (TPSA) is 50.2 Å². The standard InChI is InChI=1S/C17H9BrF3NO2/c18-11-5-1-3-9(7-11)13-14(17(19,20)21)12(16(23)24)8-10-4-2-6-22-15(10)13/h1-8H,(H,23,24). The number of benzene rings is 2. The highest BCUT2D eigenvalue weighted by molar-refractivity contribution is 9.10. The molecule has 0 spiro atoms. The summed E-state index contributed by atoms with van der Waals surface area (Å²) in [6, 6.07) is 10.4. The summed E-state index contributed by atoms with van der Waals surface area (Å²) >= 11 is 3.23. The van der Waals surface area contributed by atoms with E-state index in [1.54, 1.807) is 18.2 Å². The van der Waals surface area contributed by atoms with Crippen molar-refractivity contribution in [3.63, 3.8) is 0 Å². The Bertz CT molecular complexity index is 954. The van der Waals surface area contributed by atoms with Crippen LogP contribution in [0.3, 0.4) is 0 Å². The minimum atomic E-state index is -4.84. The first-order chi connectivity index (χ1) is 11.3. The van der Waals surface area contributed by atoms with Crippen LogP contribution in [0.1, 0.15) is 15.9 Å². The molecule has 1 heterocycles. The summed E-state index contributed by atoms with van der Waals surface area (Å²) < 4.78 is 41.6. The predicted molar refractivity (Wildman–Crippen MR) is 86.8 cm³/mol. The molecule has 0 fully saturated rings. The van der Waals surface area contributed by atoms with Gasteiger partial charge in [0.1, 0.15) is 0 Å². The third-order valence-corrected chi connectivity index (χ3v) is 4.02. The molecule has 0 saturated carbocycles. The van der Waals surface area contributed by atoms with Crippen molar-refractivity contribution < 1.29 is 23.1 Å². The van der Waals surface area contributed by atoms with Gasteiger partial charge in [0.2, 0.25) is 0 Å². The maximum absolute atomic E-state index is 13.7. The minimum Gasteiger partial charge on any atom is -0.478 e. The van der Waals surface area contributed by atoms with Crippen molar-refractivity contribution in [2.45, 2.75) is 6.18 Å². The van der Waals surface area contributed by atoms with Crippen molar-refractivity contribution in [3.05, 3.63) is 64.3 Å². The molecule has 3 rings (SSSR count). The Morgan fingerprint density at radius 2 is 1.88 bits per heavy atom. The van der Waals surface area contributed by atoms with Gasteiger partial charge in [-0.15, -0.1) is 0 Å². The summed E-state index contributed by atoms with van der Waals surface area (Å²) in [5, 5.41) is 9.62. The Kier molecular flexibility index (Phi) is 4.04. The van der Waals surface area contributed by atoms with E-state index in [0.29, 0.717) is 9.86 Å². The van der Waals surface area contributed by atoms with Crippen LogP contribution in [0.15, 0.2) is 53.1 Å².